The molecule has 25 heavy (non-hydrogen) atoms. The molecule has 1 aromatic rings. The fourth-order valence-corrected chi connectivity index (χ4v) is 5.58. The number of rotatable bonds is 3. The predicted octanol–water partition coefficient (Wildman–Crippen LogP) is 3.73. The summed E-state index contributed by atoms with van der Waals surface area (Å²) >= 11 is 1.25. The Bertz CT molecular complexity index is 792. The molecule has 0 radical (unpaired) electrons. The van der Waals surface area contributed by atoms with E-state index in [9.17, 15) is 13.2 Å². The highest BCUT2D eigenvalue weighted by Crippen LogP contribution is 2.41. The maximum Gasteiger partial charge on any atom is 0.284 e. The van der Waals surface area contributed by atoms with Crippen LogP contribution >= 0.6 is 11.8 Å². The first-order valence-corrected chi connectivity index (χ1v) is 10.9. The number of amides is 1. The third-order valence-electron chi connectivity index (χ3n) is 4.74. The monoisotopic (exact) mass is 380 g/mol. The zero-order valence-corrected chi connectivity index (χ0v) is 16.5. The van der Waals surface area contributed by atoms with E-state index in [4.69, 9.17) is 0 Å². The van der Waals surface area contributed by atoms with E-state index in [0.717, 1.165) is 31.2 Å². The van der Waals surface area contributed by atoms with E-state index in [-0.39, 0.29) is 16.8 Å². The van der Waals surface area contributed by atoms with Gasteiger partial charge in [0, 0.05) is 6.04 Å². The van der Waals surface area contributed by atoms with Crippen molar-refractivity contribution in [2.75, 3.05) is 0 Å². The predicted molar refractivity (Wildman–Crippen MR) is 101 cm³/mol. The van der Waals surface area contributed by atoms with Crippen LogP contribution in [0, 0.1) is 6.92 Å². The molecule has 0 aromatic heterocycles. The highest BCUT2D eigenvalue weighted by molar-refractivity contribution is 8.16. The van der Waals surface area contributed by atoms with Crippen molar-refractivity contribution in [3.8, 4) is 0 Å². The Kier molecular flexibility index (Phi) is 4.99. The molecular weight excluding hydrogens is 356 g/mol. The van der Waals surface area contributed by atoms with Crippen LogP contribution < -0.4 is 0 Å². The van der Waals surface area contributed by atoms with Crippen LogP contribution in [-0.2, 0) is 14.8 Å². The van der Waals surface area contributed by atoms with Gasteiger partial charge in [0.25, 0.3) is 10.0 Å². The van der Waals surface area contributed by atoms with Crippen LogP contribution in [0.25, 0.3) is 0 Å². The highest BCUT2D eigenvalue weighted by atomic mass is 32.2. The van der Waals surface area contributed by atoms with Crippen LogP contribution in [0.15, 0.2) is 33.6 Å². The second-order valence-corrected chi connectivity index (χ2v) is 10.4. The number of thioether (sulfide) groups is 1. The summed E-state index contributed by atoms with van der Waals surface area (Å²) in [6.45, 7) is 5.56. The average molecular weight is 381 g/mol. The van der Waals surface area contributed by atoms with Crippen LogP contribution in [0.1, 0.15) is 51.5 Å². The fraction of sp³-hybridized carbons (Fsp3) is 0.556. The van der Waals surface area contributed by atoms with Gasteiger partial charge >= 0.3 is 0 Å². The van der Waals surface area contributed by atoms with Gasteiger partial charge in [-0.25, -0.2) is 0 Å². The topological polar surface area (TPSA) is 66.8 Å². The van der Waals surface area contributed by atoms with Gasteiger partial charge < -0.3 is 0 Å². The molecule has 5 nitrogen and oxygen atoms in total. The van der Waals surface area contributed by atoms with Crippen molar-refractivity contribution >= 4 is 32.9 Å². The summed E-state index contributed by atoms with van der Waals surface area (Å²) in [6, 6.07) is 6.69. The third kappa shape index (κ3) is 3.77. The lowest BCUT2D eigenvalue weighted by Crippen LogP contribution is -2.44. The molecule has 1 aliphatic carbocycles. The number of hydrogen-bond donors (Lipinski definition) is 0. The quantitative estimate of drug-likeness (QED) is 0.801. The minimum absolute atomic E-state index is 0.0396. The Morgan fingerprint density at radius 3 is 2.32 bits per heavy atom. The molecule has 0 atom stereocenters. The van der Waals surface area contributed by atoms with E-state index in [2.05, 4.69) is 4.40 Å². The number of carbonyl (C=O) groups excluding carboxylic acids is 1. The molecule has 1 aromatic carbocycles. The van der Waals surface area contributed by atoms with Crippen LogP contribution in [0.4, 0.5) is 0 Å². The molecular formula is C18H24N2O3S2. The normalized spacial score (nSPS) is 23.4. The fourth-order valence-electron chi connectivity index (χ4n) is 3.29. The Labute approximate surface area is 153 Å². The number of carbonyl (C=O) groups is 1. The van der Waals surface area contributed by atoms with E-state index < -0.39 is 14.8 Å². The molecule has 0 unspecified atom stereocenters. The molecule has 0 N–H and O–H groups in total. The Balaban J connectivity index is 1.98. The third-order valence-corrected chi connectivity index (χ3v) is 7.30. The lowest BCUT2D eigenvalue weighted by atomic mass is 9.94. The van der Waals surface area contributed by atoms with Gasteiger partial charge in [0.2, 0.25) is 5.91 Å². The number of aryl methyl sites for hydroxylation is 1. The number of hydrogen-bond acceptors (Lipinski definition) is 4. The molecule has 7 heteroatoms. The molecule has 1 heterocycles. The largest absolute Gasteiger partial charge is 0.286 e. The van der Waals surface area contributed by atoms with Crippen LogP contribution in [0.2, 0.25) is 0 Å². The standard InChI is InChI=1S/C18H24N2O3S2/c1-13-9-11-15(12-10-13)25(22,23)19-17-20(14-7-5-4-6-8-14)16(21)18(2,3)24-17/h9-12,14H,4-8H2,1-3H3/b19-17+. The molecule has 1 saturated carbocycles. The number of benzene rings is 1. The number of sulfonamides is 1. The minimum Gasteiger partial charge on any atom is -0.286 e. The number of nitrogens with zero attached hydrogens (tertiary/aromatic N) is 2. The van der Waals surface area contributed by atoms with E-state index >= 15 is 0 Å². The summed E-state index contributed by atoms with van der Waals surface area (Å²) in [6.07, 6.45) is 5.12. The van der Waals surface area contributed by atoms with Gasteiger partial charge in [0.1, 0.15) is 0 Å². The molecule has 136 valence electrons. The minimum atomic E-state index is -3.83. The van der Waals surface area contributed by atoms with Crippen LogP contribution in [-0.4, -0.2) is 35.2 Å². The molecule has 1 amide bonds. The van der Waals surface area contributed by atoms with E-state index in [1.54, 1.807) is 29.2 Å². The summed E-state index contributed by atoms with van der Waals surface area (Å²) in [5, 5.41) is 0.322. The first-order chi connectivity index (χ1) is 11.7. The second kappa shape index (κ2) is 6.76. The Morgan fingerprint density at radius 2 is 1.72 bits per heavy atom. The maximum absolute atomic E-state index is 12.8. The van der Waals surface area contributed by atoms with Crippen molar-refractivity contribution in [3.63, 3.8) is 0 Å². The van der Waals surface area contributed by atoms with E-state index in [0.29, 0.717) is 5.17 Å². The lowest BCUT2D eigenvalue weighted by molar-refractivity contribution is -0.130. The summed E-state index contributed by atoms with van der Waals surface area (Å²) < 4.78 is 28.8. The van der Waals surface area contributed by atoms with Gasteiger partial charge in [-0.2, -0.15) is 8.42 Å². The second-order valence-electron chi connectivity index (χ2n) is 7.24. The summed E-state index contributed by atoms with van der Waals surface area (Å²) in [7, 11) is -3.83. The van der Waals surface area contributed by atoms with Gasteiger partial charge in [0.15, 0.2) is 5.17 Å². The average Bonchev–Trinajstić information content (AvgIpc) is 2.77. The van der Waals surface area contributed by atoms with Crippen molar-refractivity contribution in [1.82, 2.24) is 4.90 Å². The van der Waals surface area contributed by atoms with Crippen molar-refractivity contribution in [2.45, 2.75) is 68.6 Å². The van der Waals surface area contributed by atoms with Gasteiger partial charge in [-0.15, -0.1) is 4.40 Å². The van der Waals surface area contributed by atoms with Gasteiger partial charge in [-0.3, -0.25) is 9.69 Å². The van der Waals surface area contributed by atoms with Gasteiger partial charge in [0.05, 0.1) is 9.64 Å². The summed E-state index contributed by atoms with van der Waals surface area (Å²) in [4.78, 5) is 14.6. The van der Waals surface area contributed by atoms with Crippen molar-refractivity contribution < 1.29 is 13.2 Å². The first-order valence-electron chi connectivity index (χ1n) is 8.65. The summed E-state index contributed by atoms with van der Waals surface area (Å²) in [5.74, 6) is -0.0396. The van der Waals surface area contributed by atoms with E-state index in [1.807, 2.05) is 20.8 Å². The molecule has 2 fully saturated rings. The van der Waals surface area contributed by atoms with Crippen molar-refractivity contribution in [2.24, 2.45) is 4.40 Å². The Hall–Kier alpha value is -1.34. The zero-order valence-electron chi connectivity index (χ0n) is 14.9. The van der Waals surface area contributed by atoms with Gasteiger partial charge in [-0.1, -0.05) is 48.7 Å². The molecule has 0 spiro atoms. The maximum atomic E-state index is 12.8. The Morgan fingerprint density at radius 1 is 1.12 bits per heavy atom. The molecule has 2 aliphatic rings. The molecule has 1 aliphatic heterocycles. The number of amidine groups is 1. The van der Waals surface area contributed by atoms with Crippen molar-refractivity contribution in [1.29, 1.82) is 0 Å². The summed E-state index contributed by atoms with van der Waals surface area (Å²) in [5.41, 5.74) is 0.988. The molecule has 0 bridgehead atoms. The lowest BCUT2D eigenvalue weighted by Gasteiger charge is -2.31. The zero-order chi connectivity index (χ0) is 18.2. The molecule has 1 saturated heterocycles. The van der Waals surface area contributed by atoms with Crippen LogP contribution in [0.3, 0.4) is 0 Å². The van der Waals surface area contributed by atoms with Gasteiger partial charge in [-0.05, 0) is 45.7 Å². The van der Waals surface area contributed by atoms with Crippen LogP contribution in [0.5, 0.6) is 0 Å². The first kappa shape index (κ1) is 18.5. The smallest absolute Gasteiger partial charge is 0.284 e. The van der Waals surface area contributed by atoms with E-state index in [1.165, 1.54) is 18.2 Å². The van der Waals surface area contributed by atoms with Crippen molar-refractivity contribution in [3.05, 3.63) is 29.8 Å². The SMILES string of the molecule is Cc1ccc(S(=O)(=O)/N=C2/SC(C)(C)C(=O)N2C2CCCCC2)cc1. The molecule has 3 rings (SSSR count). The highest BCUT2D eigenvalue weighted by Gasteiger charge is 2.48.